The molecule has 11 nitrogen and oxygen atoms in total. The summed E-state index contributed by atoms with van der Waals surface area (Å²) in [6.45, 7) is 10.0. The first-order valence-electron chi connectivity index (χ1n) is 15.7. The van der Waals surface area contributed by atoms with Crippen molar-refractivity contribution in [2.45, 2.75) is 44.3 Å². The Labute approximate surface area is 271 Å². The fourth-order valence-corrected chi connectivity index (χ4v) is 5.89. The highest BCUT2D eigenvalue weighted by molar-refractivity contribution is 6.10. The third-order valence-corrected chi connectivity index (χ3v) is 8.68. The third-order valence-electron chi connectivity index (χ3n) is 8.68. The highest BCUT2D eigenvalue weighted by Crippen LogP contribution is 2.39. The van der Waals surface area contributed by atoms with Crippen LogP contribution in [-0.4, -0.2) is 107 Å². The highest BCUT2D eigenvalue weighted by Gasteiger charge is 2.34. The predicted octanol–water partition coefficient (Wildman–Crippen LogP) is 3.64. The van der Waals surface area contributed by atoms with Gasteiger partial charge in [0.25, 0.3) is 11.8 Å². The second-order valence-corrected chi connectivity index (χ2v) is 11.9. The molecule has 5 rings (SSSR count). The number of aliphatic hydroxyl groups excluding tert-OH is 1. The molecule has 0 spiro atoms. The van der Waals surface area contributed by atoms with Crippen molar-refractivity contribution >= 4 is 37.3 Å². The first kappa shape index (κ1) is 32.9. The van der Waals surface area contributed by atoms with Gasteiger partial charge in [0.2, 0.25) is 0 Å². The second-order valence-electron chi connectivity index (χ2n) is 11.9. The minimum atomic E-state index is -0.875. The van der Waals surface area contributed by atoms with Gasteiger partial charge in [-0.05, 0) is 37.8 Å². The van der Waals surface area contributed by atoms with Gasteiger partial charge in [-0.2, -0.15) is 0 Å². The normalized spacial score (nSPS) is 18.9. The molecule has 244 valence electrons. The average Bonchev–Trinajstić information content (AvgIpc) is 3.35. The van der Waals surface area contributed by atoms with Crippen LogP contribution >= 0.6 is 0 Å². The fourth-order valence-electron chi connectivity index (χ4n) is 5.89. The van der Waals surface area contributed by atoms with E-state index in [9.17, 15) is 14.7 Å². The minimum Gasteiger partial charge on any atom is -0.493 e. The van der Waals surface area contributed by atoms with Crippen LogP contribution in [0.1, 0.15) is 46.4 Å². The van der Waals surface area contributed by atoms with Crippen LogP contribution in [0.25, 0.3) is 0 Å². The lowest BCUT2D eigenvalue weighted by atomic mass is 9.97. The van der Waals surface area contributed by atoms with Crippen molar-refractivity contribution in [1.29, 1.82) is 0 Å². The molecule has 0 saturated carbocycles. The maximum absolute atomic E-state index is 13.4. The number of benzene rings is 2. The van der Waals surface area contributed by atoms with E-state index in [-0.39, 0.29) is 24.4 Å². The largest absolute Gasteiger partial charge is 0.493 e. The average molecular weight is 631 g/mol. The zero-order valence-electron chi connectivity index (χ0n) is 27.2. The predicted molar refractivity (Wildman–Crippen MR) is 180 cm³/mol. The molecule has 0 aliphatic carbocycles. The molecule has 2 aromatic carbocycles. The molecular weight excluding hydrogens is 587 g/mol. The van der Waals surface area contributed by atoms with Crippen molar-refractivity contribution in [3.63, 3.8) is 0 Å². The molecule has 46 heavy (non-hydrogen) atoms. The molecule has 1 saturated heterocycles. The number of anilines is 1. The van der Waals surface area contributed by atoms with Crippen LogP contribution in [0.3, 0.4) is 0 Å². The van der Waals surface area contributed by atoms with Crippen LogP contribution in [-0.2, 0) is 0 Å². The molecule has 3 aliphatic heterocycles. The topological polar surface area (TPSA) is 113 Å². The number of ether oxygens (including phenoxy) is 4. The van der Waals surface area contributed by atoms with Crippen molar-refractivity contribution in [3.8, 4) is 23.0 Å². The summed E-state index contributed by atoms with van der Waals surface area (Å²) in [6.07, 6.45) is 4.78. The van der Waals surface area contributed by atoms with Crippen molar-refractivity contribution in [2.75, 3.05) is 59.0 Å². The second kappa shape index (κ2) is 14.3. The molecule has 1 N–H and O–H groups in total. The van der Waals surface area contributed by atoms with Crippen LogP contribution in [0.4, 0.5) is 11.4 Å². The maximum Gasteiger partial charge on any atom is 0.257 e. The molecule has 2 aromatic rings. The summed E-state index contributed by atoms with van der Waals surface area (Å²) in [7, 11) is 6.85. The van der Waals surface area contributed by atoms with E-state index in [0.717, 1.165) is 43.1 Å². The molecule has 2 atom stereocenters. The van der Waals surface area contributed by atoms with Gasteiger partial charge in [0.15, 0.2) is 23.0 Å². The van der Waals surface area contributed by atoms with Gasteiger partial charge in [-0.15, -0.1) is 0 Å². The standard InChI is InChI=1S/C34H43BN4O7/c1-21-11-23-17-36-26-14-30(28(43-4)12-24(26)34(42)39(23)19-21)45-9-7-6-8-10-46-31-15-27-25(13-29(31)44-5)33(41)38(18-22(2)16-35)20-32(40)37(27)3/h12-15,17,23,32,40H,1-2,6-11,16,18-20,35H2,3-5H3/t23?,32-/m0/s1. The Balaban J connectivity index is 1.16. The van der Waals surface area contributed by atoms with Crippen LogP contribution in [0, 0.1) is 0 Å². The number of fused-ring (bicyclic) bond motifs is 3. The van der Waals surface area contributed by atoms with Gasteiger partial charge in [-0.25, -0.2) is 0 Å². The molecule has 2 amide bonds. The number of aliphatic imine (C=N–C) groups is 1. The summed E-state index contributed by atoms with van der Waals surface area (Å²) in [6, 6.07) is 6.84. The fraction of sp³-hybridized carbons (Fsp3) is 0.441. The Morgan fingerprint density at radius 3 is 2.28 bits per heavy atom. The van der Waals surface area contributed by atoms with Crippen LogP contribution in [0.5, 0.6) is 23.0 Å². The Kier molecular flexibility index (Phi) is 10.3. The van der Waals surface area contributed by atoms with Crippen molar-refractivity contribution < 1.29 is 33.6 Å². The quantitative estimate of drug-likeness (QED) is 0.203. The third kappa shape index (κ3) is 6.86. The summed E-state index contributed by atoms with van der Waals surface area (Å²) in [5.74, 6) is 1.73. The molecule has 12 heteroatoms. The van der Waals surface area contributed by atoms with Gasteiger partial charge in [0.05, 0.1) is 62.5 Å². The van der Waals surface area contributed by atoms with E-state index in [2.05, 4.69) is 18.2 Å². The van der Waals surface area contributed by atoms with E-state index in [1.54, 1.807) is 60.2 Å². The highest BCUT2D eigenvalue weighted by atomic mass is 16.5. The van der Waals surface area contributed by atoms with E-state index in [1.165, 1.54) is 0 Å². The number of hydrogen-bond acceptors (Lipinski definition) is 9. The van der Waals surface area contributed by atoms with E-state index in [1.807, 2.05) is 14.1 Å². The lowest BCUT2D eigenvalue weighted by molar-refractivity contribution is 0.0671. The Hall–Kier alpha value is -4.45. The number of unbranched alkanes of at least 4 members (excludes halogenated alkanes) is 2. The number of rotatable bonds is 13. The van der Waals surface area contributed by atoms with Crippen LogP contribution in [0.15, 0.2) is 53.6 Å². The monoisotopic (exact) mass is 630 g/mol. The number of likely N-dealkylation sites (N-methyl/N-ethyl adjacent to an activating group) is 1. The maximum atomic E-state index is 13.4. The molecule has 3 aliphatic rings. The molecule has 0 radical (unpaired) electrons. The summed E-state index contributed by atoms with van der Waals surface area (Å²) in [5, 5.41) is 10.8. The lowest BCUT2D eigenvalue weighted by Crippen LogP contribution is -2.41. The van der Waals surface area contributed by atoms with Gasteiger partial charge < -0.3 is 38.8 Å². The van der Waals surface area contributed by atoms with Crippen molar-refractivity contribution in [1.82, 2.24) is 9.80 Å². The number of carbonyl (C=O) groups excluding carboxylic acids is 2. The molecule has 1 unspecified atom stereocenters. The number of β-amino-alcohol motifs (C(OH)–C–C–N with tert-alkyl or cyclic N) is 1. The van der Waals surface area contributed by atoms with Gasteiger partial charge in [-0.3, -0.25) is 14.6 Å². The van der Waals surface area contributed by atoms with Gasteiger partial charge in [0.1, 0.15) is 14.1 Å². The van der Waals surface area contributed by atoms with Crippen molar-refractivity contribution in [3.05, 3.63) is 59.7 Å². The van der Waals surface area contributed by atoms with Crippen LogP contribution in [0.2, 0.25) is 6.32 Å². The zero-order chi connectivity index (χ0) is 33.0. The van der Waals surface area contributed by atoms with E-state index in [4.69, 9.17) is 18.9 Å². The Morgan fingerprint density at radius 2 is 1.63 bits per heavy atom. The minimum absolute atomic E-state index is 0.0764. The number of aliphatic hydroxyl groups is 1. The summed E-state index contributed by atoms with van der Waals surface area (Å²) >= 11 is 0. The first-order chi connectivity index (χ1) is 22.1. The number of methoxy groups -OCH3 is 2. The first-order valence-corrected chi connectivity index (χ1v) is 15.7. The Bertz CT molecular complexity index is 1540. The molecule has 0 aromatic heterocycles. The van der Waals surface area contributed by atoms with Crippen LogP contribution < -0.4 is 23.8 Å². The smallest absolute Gasteiger partial charge is 0.257 e. The van der Waals surface area contributed by atoms with E-state index >= 15 is 0 Å². The number of nitrogens with zero attached hydrogens (tertiary/aromatic N) is 4. The summed E-state index contributed by atoms with van der Waals surface area (Å²) in [5.41, 5.74) is 4.03. The van der Waals surface area contributed by atoms with Gasteiger partial charge in [0, 0.05) is 38.5 Å². The number of amides is 2. The molecule has 0 bridgehead atoms. The summed E-state index contributed by atoms with van der Waals surface area (Å²) in [4.78, 5) is 36.3. The van der Waals surface area contributed by atoms with Gasteiger partial charge in [-0.1, -0.05) is 30.6 Å². The van der Waals surface area contributed by atoms with E-state index < -0.39 is 6.23 Å². The number of hydrogen-bond donors (Lipinski definition) is 1. The van der Waals surface area contributed by atoms with E-state index in [0.29, 0.717) is 71.8 Å². The molecule has 3 heterocycles. The SMILES string of the molecule is BCC(=C)CN1C[C@H](O)N(C)c2cc(OCCCCCOc3cc4c(cc3OC)C(=O)N3CC(=C)CC3C=N4)c(OC)cc2C1=O. The van der Waals surface area contributed by atoms with Crippen molar-refractivity contribution in [2.24, 2.45) is 4.99 Å². The Morgan fingerprint density at radius 1 is 0.978 bits per heavy atom. The lowest BCUT2D eigenvalue weighted by Gasteiger charge is -2.27. The summed E-state index contributed by atoms with van der Waals surface area (Å²) < 4.78 is 23.3. The zero-order valence-corrected chi connectivity index (χ0v) is 27.2. The van der Waals surface area contributed by atoms with Gasteiger partial charge >= 0.3 is 0 Å². The number of carbonyl (C=O) groups is 2. The molecular formula is C34H43BN4O7. The molecule has 1 fully saturated rings.